The first-order valence-corrected chi connectivity index (χ1v) is 9.21. The van der Waals surface area contributed by atoms with Crippen molar-refractivity contribution in [3.8, 4) is 0 Å². The van der Waals surface area contributed by atoms with Gasteiger partial charge in [-0.25, -0.2) is 0 Å². The van der Waals surface area contributed by atoms with Crippen molar-refractivity contribution in [2.75, 3.05) is 59.6 Å². The molecule has 142 valence electrons. The van der Waals surface area contributed by atoms with E-state index in [1.807, 2.05) is 0 Å². The highest BCUT2D eigenvalue weighted by Crippen LogP contribution is 2.20. The molecule has 0 radical (unpaired) electrons. The molecule has 0 aromatic heterocycles. The Morgan fingerprint density at radius 1 is 1.25 bits per heavy atom. The molecular weight excluding hydrogens is 304 g/mol. The van der Waals surface area contributed by atoms with Crippen LogP contribution in [0, 0.1) is 11.3 Å². The van der Waals surface area contributed by atoms with Gasteiger partial charge in [0.1, 0.15) is 0 Å². The lowest BCUT2D eigenvalue weighted by atomic mass is 9.89. The first-order valence-electron chi connectivity index (χ1n) is 9.21. The van der Waals surface area contributed by atoms with E-state index in [2.05, 4.69) is 50.2 Å². The smallest absolute Gasteiger partial charge is 0.191 e. The quantitative estimate of drug-likeness (QED) is 0.518. The second-order valence-electron chi connectivity index (χ2n) is 7.71. The summed E-state index contributed by atoms with van der Waals surface area (Å²) in [5.41, 5.74) is 0.0999. The standard InChI is InChI=1S/C18H38N4O2/c1-7-19-17(21-13-16(23-6)18(3,4)5)20-12-15(2)14-22-8-10-24-11-9-22/h15-16H,7-14H2,1-6H3,(H2,19,20,21). The Morgan fingerprint density at radius 2 is 1.92 bits per heavy atom. The maximum absolute atomic E-state index is 5.61. The Bertz CT molecular complexity index is 363. The molecule has 2 N–H and O–H groups in total. The molecule has 0 aliphatic carbocycles. The van der Waals surface area contributed by atoms with E-state index >= 15 is 0 Å². The number of rotatable bonds is 8. The molecule has 0 aromatic carbocycles. The molecule has 2 atom stereocenters. The molecule has 0 saturated carbocycles. The van der Waals surface area contributed by atoms with Gasteiger partial charge in [-0.3, -0.25) is 9.89 Å². The van der Waals surface area contributed by atoms with Crippen LogP contribution in [0.15, 0.2) is 4.99 Å². The van der Waals surface area contributed by atoms with Gasteiger partial charge in [-0.15, -0.1) is 0 Å². The van der Waals surface area contributed by atoms with Crippen LogP contribution in [-0.4, -0.2) is 76.6 Å². The first kappa shape index (κ1) is 21.2. The van der Waals surface area contributed by atoms with Crippen molar-refractivity contribution in [1.82, 2.24) is 15.5 Å². The third kappa shape index (κ3) is 8.31. The van der Waals surface area contributed by atoms with Gasteiger partial charge in [0.25, 0.3) is 0 Å². The molecule has 0 aromatic rings. The van der Waals surface area contributed by atoms with Crippen LogP contribution in [-0.2, 0) is 9.47 Å². The summed E-state index contributed by atoms with van der Waals surface area (Å²) in [4.78, 5) is 7.21. The summed E-state index contributed by atoms with van der Waals surface area (Å²) in [6.45, 7) is 18.2. The summed E-state index contributed by atoms with van der Waals surface area (Å²) in [6.07, 6.45) is 0.145. The van der Waals surface area contributed by atoms with Gasteiger partial charge in [-0.2, -0.15) is 0 Å². The highest BCUT2D eigenvalue weighted by atomic mass is 16.5. The predicted molar refractivity (Wildman–Crippen MR) is 101 cm³/mol. The molecule has 1 rings (SSSR count). The van der Waals surface area contributed by atoms with Gasteiger partial charge in [0, 0.05) is 46.4 Å². The number of nitrogens with zero attached hydrogens (tertiary/aromatic N) is 2. The molecule has 0 amide bonds. The van der Waals surface area contributed by atoms with Gasteiger partial charge >= 0.3 is 0 Å². The SMILES string of the molecule is CCNC(=NCC(C)CN1CCOCC1)NCC(OC)C(C)(C)C. The van der Waals surface area contributed by atoms with Crippen LogP contribution in [0.4, 0.5) is 0 Å². The molecule has 0 spiro atoms. The Kier molecular flexibility index (Phi) is 9.63. The largest absolute Gasteiger partial charge is 0.379 e. The fourth-order valence-electron chi connectivity index (χ4n) is 2.80. The van der Waals surface area contributed by atoms with Crippen LogP contribution in [0.3, 0.4) is 0 Å². The van der Waals surface area contributed by atoms with Gasteiger partial charge < -0.3 is 20.1 Å². The number of guanidine groups is 1. The van der Waals surface area contributed by atoms with E-state index in [1.54, 1.807) is 7.11 Å². The van der Waals surface area contributed by atoms with Crippen molar-refractivity contribution in [3.05, 3.63) is 0 Å². The number of methoxy groups -OCH3 is 1. The zero-order valence-corrected chi connectivity index (χ0v) is 16.5. The molecule has 1 fully saturated rings. The fourth-order valence-corrected chi connectivity index (χ4v) is 2.80. The van der Waals surface area contributed by atoms with Crippen LogP contribution in [0.2, 0.25) is 0 Å². The fraction of sp³-hybridized carbons (Fsp3) is 0.944. The van der Waals surface area contributed by atoms with Crippen LogP contribution in [0.5, 0.6) is 0 Å². The minimum absolute atomic E-state index is 0.0999. The zero-order valence-electron chi connectivity index (χ0n) is 16.5. The normalized spacial score (nSPS) is 19.8. The maximum Gasteiger partial charge on any atom is 0.191 e. The van der Waals surface area contributed by atoms with E-state index in [9.17, 15) is 0 Å². The Labute approximate surface area is 148 Å². The van der Waals surface area contributed by atoms with Crippen molar-refractivity contribution < 1.29 is 9.47 Å². The summed E-state index contributed by atoms with van der Waals surface area (Å²) in [6, 6.07) is 0. The molecule has 6 heteroatoms. The van der Waals surface area contributed by atoms with Crippen molar-refractivity contribution in [2.24, 2.45) is 16.3 Å². The number of morpholine rings is 1. The summed E-state index contributed by atoms with van der Waals surface area (Å²) >= 11 is 0. The van der Waals surface area contributed by atoms with E-state index in [4.69, 9.17) is 14.5 Å². The van der Waals surface area contributed by atoms with E-state index < -0.39 is 0 Å². The lowest BCUT2D eigenvalue weighted by Gasteiger charge is -2.30. The maximum atomic E-state index is 5.61. The van der Waals surface area contributed by atoms with Gasteiger partial charge in [-0.1, -0.05) is 27.7 Å². The number of aliphatic imine (C=N–C) groups is 1. The zero-order chi connectivity index (χ0) is 18.0. The lowest BCUT2D eigenvalue weighted by molar-refractivity contribution is 0.0205. The molecule has 1 aliphatic heterocycles. The van der Waals surface area contributed by atoms with Gasteiger partial charge in [-0.05, 0) is 18.3 Å². The Hall–Kier alpha value is -0.850. The minimum atomic E-state index is 0.0999. The van der Waals surface area contributed by atoms with E-state index in [1.165, 1.54) is 0 Å². The summed E-state index contributed by atoms with van der Waals surface area (Å²) in [5, 5.41) is 6.74. The highest BCUT2D eigenvalue weighted by Gasteiger charge is 2.24. The van der Waals surface area contributed by atoms with Gasteiger partial charge in [0.2, 0.25) is 0 Å². The number of hydrogen-bond donors (Lipinski definition) is 2. The summed E-state index contributed by atoms with van der Waals surface area (Å²) in [5.74, 6) is 1.40. The van der Waals surface area contributed by atoms with Crippen LogP contribution < -0.4 is 10.6 Å². The van der Waals surface area contributed by atoms with E-state index in [0.29, 0.717) is 5.92 Å². The summed E-state index contributed by atoms with van der Waals surface area (Å²) in [7, 11) is 1.77. The second kappa shape index (κ2) is 10.9. The van der Waals surface area contributed by atoms with Gasteiger partial charge in [0.15, 0.2) is 5.96 Å². The Balaban J connectivity index is 2.45. The van der Waals surface area contributed by atoms with Crippen molar-refractivity contribution >= 4 is 5.96 Å². The molecule has 1 saturated heterocycles. The van der Waals surface area contributed by atoms with Gasteiger partial charge in [0.05, 0.1) is 19.3 Å². The summed E-state index contributed by atoms with van der Waals surface area (Å²) < 4.78 is 11.0. The molecular formula is C18H38N4O2. The third-order valence-corrected chi connectivity index (χ3v) is 4.28. The van der Waals surface area contributed by atoms with Crippen LogP contribution in [0.1, 0.15) is 34.6 Å². The molecule has 2 unspecified atom stereocenters. The van der Waals surface area contributed by atoms with Crippen LogP contribution in [0.25, 0.3) is 0 Å². The first-order chi connectivity index (χ1) is 11.4. The van der Waals surface area contributed by atoms with E-state index in [0.717, 1.165) is 58.4 Å². The molecule has 0 bridgehead atoms. The minimum Gasteiger partial charge on any atom is -0.379 e. The average molecular weight is 343 g/mol. The molecule has 24 heavy (non-hydrogen) atoms. The third-order valence-electron chi connectivity index (χ3n) is 4.28. The van der Waals surface area contributed by atoms with Crippen molar-refractivity contribution in [3.63, 3.8) is 0 Å². The number of hydrogen-bond acceptors (Lipinski definition) is 4. The number of nitrogens with one attached hydrogen (secondary N) is 2. The Morgan fingerprint density at radius 3 is 2.46 bits per heavy atom. The van der Waals surface area contributed by atoms with Crippen LogP contribution >= 0.6 is 0 Å². The van der Waals surface area contributed by atoms with Crippen molar-refractivity contribution in [2.45, 2.75) is 40.7 Å². The highest BCUT2D eigenvalue weighted by molar-refractivity contribution is 5.79. The molecule has 1 heterocycles. The van der Waals surface area contributed by atoms with E-state index in [-0.39, 0.29) is 11.5 Å². The van der Waals surface area contributed by atoms with Crippen molar-refractivity contribution in [1.29, 1.82) is 0 Å². The number of ether oxygens (including phenoxy) is 2. The average Bonchev–Trinajstić information content (AvgIpc) is 2.52. The lowest BCUT2D eigenvalue weighted by Crippen LogP contribution is -2.45. The topological polar surface area (TPSA) is 58.1 Å². The molecule has 6 nitrogen and oxygen atoms in total. The second-order valence-corrected chi connectivity index (χ2v) is 7.71. The predicted octanol–water partition coefficient (Wildman–Crippen LogP) is 1.57. The monoisotopic (exact) mass is 342 g/mol. The molecule has 1 aliphatic rings.